The van der Waals surface area contributed by atoms with Crippen LogP contribution in [0.3, 0.4) is 0 Å². The van der Waals surface area contributed by atoms with Gasteiger partial charge in [-0.2, -0.15) is 0 Å². The number of hydrogen-bond acceptors (Lipinski definition) is 3. The minimum absolute atomic E-state index is 0.260. The van der Waals surface area contributed by atoms with Gasteiger partial charge in [-0.25, -0.2) is 0 Å². The number of carbonyl (C=O) groups excluding carboxylic acids is 1. The van der Waals surface area contributed by atoms with E-state index in [0.29, 0.717) is 22.6 Å². The fraction of sp³-hybridized carbons (Fsp3) is 0.778. The van der Waals surface area contributed by atoms with Crippen molar-refractivity contribution in [1.82, 2.24) is 0 Å². The Labute approximate surface area is 82.5 Å². The monoisotopic (exact) mass is 199 g/mol. The average molecular weight is 199 g/mol. The van der Waals surface area contributed by atoms with Crippen LogP contribution in [0.15, 0.2) is 4.99 Å². The summed E-state index contributed by atoms with van der Waals surface area (Å²) >= 11 is 0. The van der Waals surface area contributed by atoms with Crippen LogP contribution in [0, 0.1) is 0 Å². The smallest absolute Gasteiger partial charge is 0.230 e. The van der Waals surface area contributed by atoms with E-state index in [1.54, 1.807) is 7.11 Å². The first-order valence-corrected chi connectivity index (χ1v) is 5.59. The highest BCUT2D eigenvalue weighted by atomic mass is 28.2. The molecule has 0 aromatic carbocycles. The van der Waals surface area contributed by atoms with E-state index in [0.717, 1.165) is 18.3 Å². The normalized spacial score (nSPS) is 11.8. The Bertz CT molecular complexity index is 180. The number of hydrogen-bond donors (Lipinski definition) is 0. The molecule has 0 aromatic heterocycles. The van der Waals surface area contributed by atoms with Gasteiger partial charge in [0, 0.05) is 32.2 Å². The van der Waals surface area contributed by atoms with E-state index in [4.69, 9.17) is 4.43 Å². The molecular formula is C9H17NO2Si. The maximum atomic E-state index is 11.0. The lowest BCUT2D eigenvalue weighted by atomic mass is 10.2. The Morgan fingerprint density at radius 3 is 2.77 bits per heavy atom. The Hall–Kier alpha value is -0.483. The molecule has 2 radical (unpaired) electrons. The molecule has 0 spiro atoms. The highest BCUT2D eigenvalue weighted by Gasteiger charge is 1.99. The molecule has 4 heteroatoms. The van der Waals surface area contributed by atoms with Crippen LogP contribution in [0.1, 0.15) is 26.7 Å². The largest absolute Gasteiger partial charge is 0.421 e. The van der Waals surface area contributed by atoms with E-state index >= 15 is 0 Å². The summed E-state index contributed by atoms with van der Waals surface area (Å²) in [4.78, 5) is 15.3. The first kappa shape index (κ1) is 12.5. The average Bonchev–Trinajstić information content (AvgIpc) is 2.12. The van der Waals surface area contributed by atoms with Gasteiger partial charge in [0.15, 0.2) is 0 Å². The number of Topliss-reactive ketones (excluding diaryl/α,β-unsaturated/α-hetero) is 1. The molecule has 0 rings (SSSR count). The summed E-state index contributed by atoms with van der Waals surface area (Å²) in [7, 11) is 2.21. The van der Waals surface area contributed by atoms with Crippen molar-refractivity contribution in [3.05, 3.63) is 0 Å². The van der Waals surface area contributed by atoms with Gasteiger partial charge in [-0.15, -0.1) is 0 Å². The molecule has 0 heterocycles. The predicted octanol–water partition coefficient (Wildman–Crippen LogP) is 1.50. The Balaban J connectivity index is 3.56. The van der Waals surface area contributed by atoms with E-state index in [1.165, 1.54) is 0 Å². The molecule has 74 valence electrons. The van der Waals surface area contributed by atoms with Gasteiger partial charge in [0.25, 0.3) is 0 Å². The summed E-state index contributed by atoms with van der Waals surface area (Å²) in [6.45, 7) is 4.56. The van der Waals surface area contributed by atoms with Gasteiger partial charge >= 0.3 is 0 Å². The maximum Gasteiger partial charge on any atom is 0.230 e. The first-order chi connectivity index (χ1) is 6.20. The molecule has 0 unspecified atom stereocenters. The van der Waals surface area contributed by atoms with Crippen LogP contribution in [0.25, 0.3) is 0 Å². The van der Waals surface area contributed by atoms with Gasteiger partial charge in [0.2, 0.25) is 9.76 Å². The fourth-order valence-electron chi connectivity index (χ4n) is 0.861. The predicted molar refractivity (Wildman–Crippen MR) is 55.5 cm³/mol. The summed E-state index contributed by atoms with van der Waals surface area (Å²) in [5.74, 6) is 0.260. The Morgan fingerprint density at radius 1 is 1.54 bits per heavy atom. The SMILES string of the molecule is CCC(=O)CC(C)=NCC[Si]OC. The van der Waals surface area contributed by atoms with E-state index < -0.39 is 0 Å². The lowest BCUT2D eigenvalue weighted by Gasteiger charge is -1.98. The van der Waals surface area contributed by atoms with Gasteiger partial charge in [0.05, 0.1) is 0 Å². The van der Waals surface area contributed by atoms with Crippen LogP contribution in [0.2, 0.25) is 6.04 Å². The molecule has 0 aliphatic rings. The van der Waals surface area contributed by atoms with Crippen LogP contribution in [0.5, 0.6) is 0 Å². The minimum atomic E-state index is 0.260. The van der Waals surface area contributed by atoms with Crippen LogP contribution >= 0.6 is 0 Å². The van der Waals surface area contributed by atoms with Crippen molar-refractivity contribution >= 4 is 21.3 Å². The van der Waals surface area contributed by atoms with Crippen molar-refractivity contribution in [2.24, 2.45) is 4.99 Å². The summed E-state index contributed by atoms with van der Waals surface area (Å²) in [5.41, 5.74) is 0.938. The molecule has 0 atom stereocenters. The van der Waals surface area contributed by atoms with Crippen molar-refractivity contribution in [3.63, 3.8) is 0 Å². The zero-order chi connectivity index (χ0) is 10.1. The zero-order valence-electron chi connectivity index (χ0n) is 8.59. The van der Waals surface area contributed by atoms with E-state index in [2.05, 4.69) is 4.99 Å². The van der Waals surface area contributed by atoms with E-state index in [9.17, 15) is 4.79 Å². The van der Waals surface area contributed by atoms with Crippen LogP contribution in [0.4, 0.5) is 0 Å². The number of ketones is 1. The number of nitrogens with zero attached hydrogens (tertiary/aromatic N) is 1. The molecule has 0 aliphatic carbocycles. The lowest BCUT2D eigenvalue weighted by Crippen LogP contribution is -2.04. The number of rotatable bonds is 7. The van der Waals surface area contributed by atoms with Gasteiger partial charge in [-0.3, -0.25) is 9.79 Å². The summed E-state index contributed by atoms with van der Waals surface area (Å²) in [5, 5.41) is 0. The Kier molecular flexibility index (Phi) is 7.83. The van der Waals surface area contributed by atoms with E-state index in [1.807, 2.05) is 13.8 Å². The minimum Gasteiger partial charge on any atom is -0.421 e. The number of aliphatic imine (C=N–C) groups is 1. The van der Waals surface area contributed by atoms with Crippen molar-refractivity contribution in [3.8, 4) is 0 Å². The zero-order valence-corrected chi connectivity index (χ0v) is 9.59. The third-order valence-corrected chi connectivity index (χ3v) is 2.30. The highest BCUT2D eigenvalue weighted by Crippen LogP contribution is 1.93. The topological polar surface area (TPSA) is 38.7 Å². The molecule has 0 N–H and O–H groups in total. The quantitative estimate of drug-likeness (QED) is 0.354. The van der Waals surface area contributed by atoms with Crippen molar-refractivity contribution in [1.29, 1.82) is 0 Å². The fourth-order valence-corrected chi connectivity index (χ4v) is 1.27. The molecule has 3 nitrogen and oxygen atoms in total. The van der Waals surface area contributed by atoms with Gasteiger partial charge < -0.3 is 4.43 Å². The van der Waals surface area contributed by atoms with Crippen LogP contribution in [-0.2, 0) is 9.22 Å². The third kappa shape index (κ3) is 7.86. The molecule has 0 amide bonds. The maximum absolute atomic E-state index is 11.0. The standard InChI is InChI=1S/C9H17NO2Si/c1-4-9(11)7-8(2)10-5-6-13-12-3/h4-7H2,1-3H3. The molecule has 0 saturated heterocycles. The number of carbonyl (C=O) groups is 1. The second-order valence-corrected chi connectivity index (χ2v) is 3.98. The van der Waals surface area contributed by atoms with Crippen molar-refractivity contribution in [2.75, 3.05) is 13.7 Å². The molecule has 0 aliphatic heterocycles. The molecule has 0 fully saturated rings. The lowest BCUT2D eigenvalue weighted by molar-refractivity contribution is -0.117. The van der Waals surface area contributed by atoms with Gasteiger partial charge in [-0.1, -0.05) is 6.92 Å². The summed E-state index contributed by atoms with van der Waals surface area (Å²) in [6, 6.07) is 0.953. The molecule has 0 saturated carbocycles. The van der Waals surface area contributed by atoms with Crippen molar-refractivity contribution < 1.29 is 9.22 Å². The highest BCUT2D eigenvalue weighted by molar-refractivity contribution is 6.27. The van der Waals surface area contributed by atoms with Gasteiger partial charge in [0.1, 0.15) is 5.78 Å². The molecule has 0 aromatic rings. The van der Waals surface area contributed by atoms with Gasteiger partial charge in [-0.05, 0) is 13.0 Å². The first-order valence-electron chi connectivity index (χ1n) is 4.48. The molecular weight excluding hydrogens is 182 g/mol. The third-order valence-electron chi connectivity index (χ3n) is 1.59. The second kappa shape index (κ2) is 8.13. The summed E-state index contributed by atoms with van der Waals surface area (Å²) in [6.07, 6.45) is 1.11. The van der Waals surface area contributed by atoms with E-state index in [-0.39, 0.29) is 5.78 Å². The second-order valence-electron chi connectivity index (χ2n) is 2.78. The molecule has 13 heavy (non-hydrogen) atoms. The van der Waals surface area contributed by atoms with Crippen molar-refractivity contribution in [2.45, 2.75) is 32.7 Å². The van der Waals surface area contributed by atoms with Crippen LogP contribution < -0.4 is 0 Å². The molecule has 0 bridgehead atoms. The Morgan fingerprint density at radius 2 is 2.23 bits per heavy atom. The summed E-state index contributed by atoms with van der Waals surface area (Å²) < 4.78 is 4.92. The van der Waals surface area contributed by atoms with Crippen LogP contribution in [-0.4, -0.2) is 34.9 Å².